The molecule has 1 spiro atoms. The molecule has 1 aromatic carbocycles. The molecule has 2 N–H and O–H groups in total. The second-order valence-corrected chi connectivity index (χ2v) is 6.93. The molecule has 1 saturated carbocycles. The van der Waals surface area contributed by atoms with E-state index in [0.717, 1.165) is 19.5 Å². The molecule has 21 heavy (non-hydrogen) atoms. The smallest absolute Gasteiger partial charge is 0.0369 e. The van der Waals surface area contributed by atoms with Crippen molar-refractivity contribution in [1.82, 2.24) is 0 Å². The predicted octanol–water partition coefficient (Wildman–Crippen LogP) is 4.53. The summed E-state index contributed by atoms with van der Waals surface area (Å²) >= 11 is 0. The third kappa shape index (κ3) is 2.59. The molecule has 1 unspecified atom stereocenters. The summed E-state index contributed by atoms with van der Waals surface area (Å²) < 4.78 is 0. The lowest BCUT2D eigenvalue weighted by Gasteiger charge is -2.44. The van der Waals surface area contributed by atoms with Gasteiger partial charge in [-0.3, -0.25) is 0 Å². The minimum absolute atomic E-state index is 0.248. The first-order chi connectivity index (χ1) is 10.2. The van der Waals surface area contributed by atoms with Crippen LogP contribution in [0.2, 0.25) is 0 Å². The number of nitrogens with two attached hydrogens (primary N) is 1. The van der Waals surface area contributed by atoms with E-state index >= 15 is 0 Å². The van der Waals surface area contributed by atoms with Gasteiger partial charge >= 0.3 is 0 Å². The molecule has 2 heteroatoms. The van der Waals surface area contributed by atoms with Crippen LogP contribution in [0.4, 0.5) is 5.69 Å². The summed E-state index contributed by atoms with van der Waals surface area (Å²) in [6, 6.07) is 7.34. The van der Waals surface area contributed by atoms with Crippen LogP contribution in [0.1, 0.15) is 76.0 Å². The van der Waals surface area contributed by atoms with Gasteiger partial charge in [0.15, 0.2) is 0 Å². The van der Waals surface area contributed by atoms with Crippen molar-refractivity contribution in [2.45, 2.75) is 70.3 Å². The van der Waals surface area contributed by atoms with E-state index in [1.807, 2.05) is 0 Å². The van der Waals surface area contributed by atoms with E-state index in [-0.39, 0.29) is 6.04 Å². The highest BCUT2D eigenvalue weighted by Gasteiger charge is 2.39. The molecule has 0 saturated heterocycles. The number of hydrogen-bond acceptors (Lipinski definition) is 2. The van der Waals surface area contributed by atoms with Gasteiger partial charge in [-0.05, 0) is 68.2 Å². The Labute approximate surface area is 129 Å². The standard InChI is InChI=1S/C19H30N2/c1-3-21(4-2)15-8-9-16-17(14-15)19(13-10-18(16)20)11-6-5-7-12-19/h8-9,14,18H,3-7,10-13,20H2,1-2H3. The lowest BCUT2D eigenvalue weighted by molar-refractivity contribution is 0.244. The van der Waals surface area contributed by atoms with Crippen molar-refractivity contribution < 1.29 is 0 Å². The van der Waals surface area contributed by atoms with E-state index in [1.54, 1.807) is 5.56 Å². The first-order valence-corrected chi connectivity index (χ1v) is 8.85. The van der Waals surface area contributed by atoms with Gasteiger partial charge < -0.3 is 10.6 Å². The number of hydrogen-bond donors (Lipinski definition) is 1. The monoisotopic (exact) mass is 286 g/mol. The van der Waals surface area contributed by atoms with Crippen LogP contribution in [0.15, 0.2) is 18.2 Å². The molecular formula is C19H30N2. The summed E-state index contributed by atoms with van der Waals surface area (Å²) in [5.41, 5.74) is 11.3. The van der Waals surface area contributed by atoms with Crippen LogP contribution in [0.25, 0.3) is 0 Å². The molecule has 0 radical (unpaired) electrons. The summed E-state index contributed by atoms with van der Waals surface area (Å²) in [6.07, 6.45) is 9.40. The van der Waals surface area contributed by atoms with Crippen molar-refractivity contribution in [3.8, 4) is 0 Å². The van der Waals surface area contributed by atoms with Crippen LogP contribution in [0.5, 0.6) is 0 Å². The van der Waals surface area contributed by atoms with E-state index < -0.39 is 0 Å². The van der Waals surface area contributed by atoms with E-state index in [4.69, 9.17) is 5.73 Å². The van der Waals surface area contributed by atoms with Crippen molar-refractivity contribution in [2.75, 3.05) is 18.0 Å². The van der Waals surface area contributed by atoms with Gasteiger partial charge in [-0.1, -0.05) is 25.3 Å². The number of rotatable bonds is 3. The lowest BCUT2D eigenvalue weighted by atomic mass is 9.61. The highest BCUT2D eigenvalue weighted by atomic mass is 15.1. The average molecular weight is 286 g/mol. The first-order valence-electron chi connectivity index (χ1n) is 8.85. The van der Waals surface area contributed by atoms with E-state index in [0.29, 0.717) is 5.41 Å². The molecular weight excluding hydrogens is 256 g/mol. The fourth-order valence-electron chi connectivity index (χ4n) is 4.58. The van der Waals surface area contributed by atoms with Gasteiger partial charge in [0.2, 0.25) is 0 Å². The molecule has 1 aromatic rings. The Morgan fingerprint density at radius 2 is 1.81 bits per heavy atom. The maximum atomic E-state index is 6.41. The summed E-state index contributed by atoms with van der Waals surface area (Å²) in [5, 5.41) is 0. The lowest BCUT2D eigenvalue weighted by Crippen LogP contribution is -2.36. The Kier molecular flexibility index (Phi) is 4.26. The third-order valence-electron chi connectivity index (χ3n) is 5.88. The van der Waals surface area contributed by atoms with Crippen molar-refractivity contribution >= 4 is 5.69 Å². The van der Waals surface area contributed by atoms with Gasteiger partial charge in [0.25, 0.3) is 0 Å². The van der Waals surface area contributed by atoms with Crippen LogP contribution < -0.4 is 10.6 Å². The molecule has 3 rings (SSSR count). The van der Waals surface area contributed by atoms with Crippen molar-refractivity contribution in [3.63, 3.8) is 0 Å². The molecule has 0 bridgehead atoms. The largest absolute Gasteiger partial charge is 0.372 e. The van der Waals surface area contributed by atoms with E-state index in [2.05, 4.69) is 36.9 Å². The zero-order valence-electron chi connectivity index (χ0n) is 13.7. The van der Waals surface area contributed by atoms with Gasteiger partial charge in [0.1, 0.15) is 0 Å². The normalized spacial score (nSPS) is 23.9. The van der Waals surface area contributed by atoms with E-state index in [1.165, 1.54) is 49.8 Å². The molecule has 1 atom stereocenters. The molecule has 0 aromatic heterocycles. The minimum atomic E-state index is 0.248. The molecule has 2 aliphatic carbocycles. The van der Waals surface area contributed by atoms with Crippen LogP contribution in [0, 0.1) is 0 Å². The summed E-state index contributed by atoms with van der Waals surface area (Å²) in [6.45, 7) is 6.64. The van der Waals surface area contributed by atoms with Gasteiger partial charge in [-0.15, -0.1) is 0 Å². The molecule has 2 nitrogen and oxygen atoms in total. The zero-order valence-corrected chi connectivity index (χ0v) is 13.7. The van der Waals surface area contributed by atoms with Crippen molar-refractivity contribution in [3.05, 3.63) is 29.3 Å². The predicted molar refractivity (Wildman–Crippen MR) is 90.9 cm³/mol. The Morgan fingerprint density at radius 1 is 1.10 bits per heavy atom. The van der Waals surface area contributed by atoms with Crippen LogP contribution >= 0.6 is 0 Å². The van der Waals surface area contributed by atoms with Crippen molar-refractivity contribution in [2.24, 2.45) is 5.73 Å². The SMILES string of the molecule is CCN(CC)c1ccc2c(c1)C1(CCCCC1)CCC2N. The second kappa shape index (κ2) is 6.00. The van der Waals surface area contributed by atoms with E-state index in [9.17, 15) is 0 Å². The van der Waals surface area contributed by atoms with Crippen LogP contribution in [-0.4, -0.2) is 13.1 Å². The molecule has 1 fully saturated rings. The fraction of sp³-hybridized carbons (Fsp3) is 0.684. The fourth-order valence-corrected chi connectivity index (χ4v) is 4.58. The first kappa shape index (κ1) is 14.9. The van der Waals surface area contributed by atoms with Gasteiger partial charge in [0.05, 0.1) is 0 Å². The number of fused-ring (bicyclic) bond motifs is 2. The molecule has 2 aliphatic rings. The van der Waals surface area contributed by atoms with Gasteiger partial charge in [-0.25, -0.2) is 0 Å². The maximum Gasteiger partial charge on any atom is 0.0369 e. The molecule has 0 aliphatic heterocycles. The Morgan fingerprint density at radius 3 is 2.48 bits per heavy atom. The maximum absolute atomic E-state index is 6.41. The number of nitrogens with zero attached hydrogens (tertiary/aromatic N) is 1. The highest BCUT2D eigenvalue weighted by molar-refractivity contribution is 5.54. The zero-order chi connectivity index (χ0) is 14.9. The average Bonchev–Trinajstić information content (AvgIpc) is 2.54. The molecule has 116 valence electrons. The number of benzene rings is 1. The number of anilines is 1. The van der Waals surface area contributed by atoms with Gasteiger partial charge in [0, 0.05) is 24.8 Å². The highest BCUT2D eigenvalue weighted by Crippen LogP contribution is 2.50. The summed E-state index contributed by atoms with van der Waals surface area (Å²) in [7, 11) is 0. The second-order valence-electron chi connectivity index (χ2n) is 6.93. The summed E-state index contributed by atoms with van der Waals surface area (Å²) in [5.74, 6) is 0. The van der Waals surface area contributed by atoms with Crippen LogP contribution in [-0.2, 0) is 5.41 Å². The Hall–Kier alpha value is -1.02. The Bertz CT molecular complexity index is 484. The van der Waals surface area contributed by atoms with Crippen LogP contribution in [0.3, 0.4) is 0 Å². The molecule has 0 heterocycles. The molecule has 0 amide bonds. The van der Waals surface area contributed by atoms with Crippen molar-refractivity contribution in [1.29, 1.82) is 0 Å². The topological polar surface area (TPSA) is 29.3 Å². The quantitative estimate of drug-likeness (QED) is 0.884. The summed E-state index contributed by atoms with van der Waals surface area (Å²) in [4.78, 5) is 2.46. The minimum Gasteiger partial charge on any atom is -0.372 e. The third-order valence-corrected chi connectivity index (χ3v) is 5.88. The Balaban J connectivity index is 2.04. The van der Waals surface area contributed by atoms with Gasteiger partial charge in [-0.2, -0.15) is 0 Å².